The number of likely N-dealkylation sites (N-methyl/N-ethyl adjacent to an activating group) is 1. The summed E-state index contributed by atoms with van der Waals surface area (Å²) in [5.41, 5.74) is 7.06. The molecule has 6 rings (SSSR count). The van der Waals surface area contributed by atoms with Gasteiger partial charge in [-0.05, 0) is 54.8 Å². The van der Waals surface area contributed by atoms with E-state index in [1.165, 1.54) is 6.07 Å². The predicted octanol–water partition coefficient (Wildman–Crippen LogP) is 2.51. The van der Waals surface area contributed by atoms with Crippen LogP contribution in [-0.4, -0.2) is 62.9 Å². The third kappa shape index (κ3) is 3.32. The molecule has 160 valence electrons. The smallest absolute Gasteiger partial charge is 0.261 e. The lowest BCUT2D eigenvalue weighted by atomic mass is 9.39. The number of amides is 1. The number of benzene rings is 2. The minimum absolute atomic E-state index is 0.0780. The van der Waals surface area contributed by atoms with Gasteiger partial charge in [-0.2, -0.15) is 0 Å². The van der Waals surface area contributed by atoms with Crippen LogP contribution in [0.5, 0.6) is 0 Å². The zero-order chi connectivity index (χ0) is 21.3. The third-order valence-corrected chi connectivity index (χ3v) is 8.48. The second-order valence-corrected chi connectivity index (χ2v) is 12.2. The summed E-state index contributed by atoms with van der Waals surface area (Å²) in [6, 6.07) is 11.0. The van der Waals surface area contributed by atoms with Crippen molar-refractivity contribution in [2.24, 2.45) is 11.1 Å². The van der Waals surface area contributed by atoms with E-state index in [1.54, 1.807) is 12.1 Å². The fourth-order valence-corrected chi connectivity index (χ4v) is 6.43. The molecule has 1 saturated heterocycles. The molecule has 2 aromatic rings. The van der Waals surface area contributed by atoms with Crippen LogP contribution in [0.1, 0.15) is 30.7 Å². The Balaban J connectivity index is 1.41. The summed E-state index contributed by atoms with van der Waals surface area (Å²) in [7, 11) is 3.82. The lowest BCUT2D eigenvalue weighted by Crippen LogP contribution is -2.76. The molecule has 30 heavy (non-hydrogen) atoms. The van der Waals surface area contributed by atoms with Crippen molar-refractivity contribution in [1.29, 1.82) is 0 Å². The van der Waals surface area contributed by atoms with E-state index in [-0.39, 0.29) is 27.7 Å². The Labute approximate surface area is 181 Å². The molecule has 2 bridgehead atoms. The Bertz CT molecular complexity index is 1130. The van der Waals surface area contributed by atoms with Crippen molar-refractivity contribution in [1.82, 2.24) is 9.80 Å². The molecule has 6 nitrogen and oxygen atoms in total. The molecule has 8 heteroatoms. The minimum atomic E-state index is -3.75. The highest BCUT2D eigenvalue weighted by Crippen LogP contribution is 2.66. The molecule has 1 aliphatic heterocycles. The van der Waals surface area contributed by atoms with Gasteiger partial charge in [-0.3, -0.25) is 4.79 Å². The number of halogens is 1. The maximum atomic E-state index is 13.2. The van der Waals surface area contributed by atoms with E-state index in [4.69, 9.17) is 16.4 Å². The summed E-state index contributed by atoms with van der Waals surface area (Å²) in [4.78, 5) is 17.7. The maximum Gasteiger partial charge on any atom is 0.261 e. The summed E-state index contributed by atoms with van der Waals surface area (Å²) in [5.74, 6) is 0.467. The van der Waals surface area contributed by atoms with Crippen LogP contribution in [-0.2, 0) is 13.8 Å². The molecule has 0 radical (unpaired) electrons. The highest BCUT2D eigenvalue weighted by atomic mass is 35.7. The number of carbonyl (C=O) groups is 1. The van der Waals surface area contributed by atoms with E-state index >= 15 is 0 Å². The van der Waals surface area contributed by atoms with Crippen molar-refractivity contribution in [2.45, 2.75) is 35.6 Å². The average Bonchev–Trinajstić information content (AvgIpc) is 2.84. The van der Waals surface area contributed by atoms with E-state index in [1.807, 2.05) is 17.0 Å². The number of rotatable bonds is 3. The third-order valence-electron chi connectivity index (χ3n) is 7.13. The number of hydrogen-bond acceptors (Lipinski definition) is 5. The fourth-order valence-electron chi connectivity index (χ4n) is 5.65. The van der Waals surface area contributed by atoms with Crippen molar-refractivity contribution in [3.63, 3.8) is 0 Å². The zero-order valence-electron chi connectivity index (χ0n) is 17.0. The normalized spacial score (nSPS) is 31.7. The molecule has 0 aromatic heterocycles. The van der Waals surface area contributed by atoms with Gasteiger partial charge in [-0.1, -0.05) is 24.3 Å². The van der Waals surface area contributed by atoms with Gasteiger partial charge in [0.25, 0.3) is 9.05 Å². The van der Waals surface area contributed by atoms with Gasteiger partial charge in [0.2, 0.25) is 5.91 Å². The Morgan fingerprint density at radius 2 is 1.73 bits per heavy atom. The Hall–Kier alpha value is -1.67. The van der Waals surface area contributed by atoms with Gasteiger partial charge in [-0.15, -0.1) is 0 Å². The monoisotopic (exact) mass is 447 g/mol. The van der Waals surface area contributed by atoms with Gasteiger partial charge >= 0.3 is 0 Å². The number of nitrogens with two attached hydrogens (primary N) is 1. The van der Waals surface area contributed by atoms with Crippen LogP contribution < -0.4 is 5.73 Å². The van der Waals surface area contributed by atoms with Crippen LogP contribution in [0.25, 0.3) is 10.8 Å². The molecule has 3 aliphatic carbocycles. The first-order valence-corrected chi connectivity index (χ1v) is 12.6. The average molecular weight is 448 g/mol. The summed E-state index contributed by atoms with van der Waals surface area (Å²) < 4.78 is 23.2. The summed E-state index contributed by atoms with van der Waals surface area (Å²) >= 11 is 0. The van der Waals surface area contributed by atoms with Crippen molar-refractivity contribution >= 4 is 36.4 Å². The van der Waals surface area contributed by atoms with Crippen molar-refractivity contribution < 1.29 is 13.2 Å². The van der Waals surface area contributed by atoms with Crippen molar-refractivity contribution in [2.75, 3.05) is 33.2 Å². The van der Waals surface area contributed by atoms with E-state index in [9.17, 15) is 13.2 Å². The van der Waals surface area contributed by atoms with Crippen LogP contribution >= 0.6 is 10.7 Å². The molecule has 4 fully saturated rings. The molecule has 3 saturated carbocycles. The van der Waals surface area contributed by atoms with Crippen LogP contribution in [0.15, 0.2) is 41.3 Å². The van der Waals surface area contributed by atoms with Crippen molar-refractivity contribution in [3.05, 3.63) is 42.0 Å². The molecule has 1 unspecified atom stereocenters. The lowest BCUT2D eigenvalue weighted by Gasteiger charge is -2.68. The van der Waals surface area contributed by atoms with Gasteiger partial charge in [0.1, 0.15) is 0 Å². The molecular formula is C22H26ClN3O3S. The molecule has 2 aromatic carbocycles. The standard InChI is InChI=1S/C22H26ClN3O3S/c1-25-6-7-26(20(27)21-12-22(24,13-21)14-21)11-18(10-25)16-2-3-17-9-19(30(23,28)29)5-4-15(17)8-16/h2-5,8-9,18H,6-7,10-14,24H2,1H3. The largest absolute Gasteiger partial charge is 0.340 e. The van der Waals surface area contributed by atoms with Crippen LogP contribution in [0.4, 0.5) is 0 Å². The predicted molar refractivity (Wildman–Crippen MR) is 117 cm³/mol. The molecular weight excluding hydrogens is 422 g/mol. The SMILES string of the molecule is CN1CCN(C(=O)C23CC(N)(C2)C3)CC(c2ccc3cc(S(=O)(=O)Cl)ccc3c2)C1. The number of nitrogens with zero attached hydrogens (tertiary/aromatic N) is 2. The Kier molecular flexibility index (Phi) is 4.50. The molecule has 0 spiro atoms. The molecule has 1 heterocycles. The van der Waals surface area contributed by atoms with Gasteiger partial charge in [0, 0.05) is 48.3 Å². The lowest BCUT2D eigenvalue weighted by molar-refractivity contribution is -0.183. The van der Waals surface area contributed by atoms with Crippen LogP contribution in [0.2, 0.25) is 0 Å². The van der Waals surface area contributed by atoms with Crippen molar-refractivity contribution in [3.8, 4) is 0 Å². The molecule has 4 aliphatic rings. The second-order valence-electron chi connectivity index (χ2n) is 9.59. The number of fused-ring (bicyclic) bond motifs is 1. The van der Waals surface area contributed by atoms with Gasteiger partial charge < -0.3 is 15.5 Å². The summed E-state index contributed by atoms with van der Waals surface area (Å²) in [6.07, 6.45) is 2.49. The van der Waals surface area contributed by atoms with Crippen LogP contribution in [0, 0.1) is 5.41 Å². The molecule has 1 amide bonds. The van der Waals surface area contributed by atoms with Gasteiger partial charge in [0.15, 0.2) is 0 Å². The van der Waals surface area contributed by atoms with Gasteiger partial charge in [0.05, 0.1) is 10.3 Å². The van der Waals surface area contributed by atoms with E-state index in [2.05, 4.69) is 18.0 Å². The Morgan fingerprint density at radius 1 is 1.07 bits per heavy atom. The number of carbonyl (C=O) groups excluding carboxylic acids is 1. The first-order chi connectivity index (χ1) is 14.1. The number of hydrogen-bond donors (Lipinski definition) is 1. The zero-order valence-corrected chi connectivity index (χ0v) is 18.5. The highest BCUT2D eigenvalue weighted by molar-refractivity contribution is 8.13. The molecule has 1 atom stereocenters. The second kappa shape index (κ2) is 6.66. The van der Waals surface area contributed by atoms with Gasteiger partial charge in [-0.25, -0.2) is 8.42 Å². The summed E-state index contributed by atoms with van der Waals surface area (Å²) in [5, 5.41) is 1.79. The van der Waals surface area contributed by atoms with E-state index in [0.717, 1.165) is 55.2 Å². The summed E-state index contributed by atoms with van der Waals surface area (Å²) in [6.45, 7) is 3.17. The maximum absolute atomic E-state index is 13.2. The first kappa shape index (κ1) is 20.2. The highest BCUT2D eigenvalue weighted by Gasteiger charge is 2.70. The quantitative estimate of drug-likeness (QED) is 0.731. The fraction of sp³-hybridized carbons (Fsp3) is 0.500. The molecule has 2 N–H and O–H groups in total. The topological polar surface area (TPSA) is 83.7 Å². The first-order valence-electron chi connectivity index (χ1n) is 10.3. The van der Waals surface area contributed by atoms with E-state index < -0.39 is 9.05 Å². The Morgan fingerprint density at radius 3 is 2.40 bits per heavy atom. The van der Waals surface area contributed by atoms with E-state index in [0.29, 0.717) is 6.54 Å². The van der Waals surface area contributed by atoms with Crippen LogP contribution in [0.3, 0.4) is 0 Å². The minimum Gasteiger partial charge on any atom is -0.340 e.